The van der Waals surface area contributed by atoms with Crippen LogP contribution in [-0.4, -0.2) is 66.4 Å². The Kier molecular flexibility index (Phi) is 5.56. The van der Waals surface area contributed by atoms with Crippen molar-refractivity contribution in [2.24, 2.45) is 0 Å². The van der Waals surface area contributed by atoms with Crippen LogP contribution in [0.1, 0.15) is 12.2 Å². The first-order valence-corrected chi connectivity index (χ1v) is 10.8. The number of furan rings is 1. The summed E-state index contributed by atoms with van der Waals surface area (Å²) in [5.41, 5.74) is 0. The van der Waals surface area contributed by atoms with Crippen LogP contribution >= 0.6 is 11.8 Å². The van der Waals surface area contributed by atoms with Crippen molar-refractivity contribution in [2.75, 3.05) is 25.1 Å². The molecule has 0 aromatic carbocycles. The van der Waals surface area contributed by atoms with E-state index in [9.17, 15) is 22.8 Å². The van der Waals surface area contributed by atoms with Crippen LogP contribution in [0.15, 0.2) is 39.9 Å². The van der Waals surface area contributed by atoms with E-state index in [0.717, 1.165) is 16.7 Å². The van der Waals surface area contributed by atoms with Crippen molar-refractivity contribution in [1.82, 2.24) is 9.80 Å². The van der Waals surface area contributed by atoms with Crippen LogP contribution in [0.5, 0.6) is 0 Å². The number of sulfone groups is 1. The monoisotopic (exact) mass is 410 g/mol. The van der Waals surface area contributed by atoms with E-state index in [0.29, 0.717) is 12.2 Å². The standard InChI is InChI=1S/C17H18N2O6S2/c1-18(12-7-9-27(23,24)11-12)15(20)10-19-16(21)14(26-17(19)22)6-2-4-13-5-3-8-25-13/h2-6,8,12H,7,9-11H2,1H3. The molecule has 2 saturated heterocycles. The summed E-state index contributed by atoms with van der Waals surface area (Å²) in [6.45, 7) is -0.406. The van der Waals surface area contributed by atoms with E-state index in [4.69, 9.17) is 4.42 Å². The molecule has 0 bridgehead atoms. The summed E-state index contributed by atoms with van der Waals surface area (Å²) in [5, 5.41) is -0.529. The van der Waals surface area contributed by atoms with Crippen molar-refractivity contribution in [1.29, 1.82) is 0 Å². The molecule has 0 aliphatic carbocycles. The Hall–Kier alpha value is -2.33. The first kappa shape index (κ1) is 19.4. The van der Waals surface area contributed by atoms with Gasteiger partial charge in [0.25, 0.3) is 11.1 Å². The van der Waals surface area contributed by atoms with E-state index in [2.05, 4.69) is 0 Å². The Labute approximate surface area is 160 Å². The largest absolute Gasteiger partial charge is 0.465 e. The summed E-state index contributed by atoms with van der Waals surface area (Å²) >= 11 is 0.755. The molecule has 10 heteroatoms. The van der Waals surface area contributed by atoms with Crippen molar-refractivity contribution < 1.29 is 27.2 Å². The van der Waals surface area contributed by atoms with E-state index >= 15 is 0 Å². The second-order valence-corrected chi connectivity index (χ2v) is 9.45. The Balaban J connectivity index is 1.62. The molecule has 3 amide bonds. The molecule has 0 N–H and O–H groups in total. The molecular formula is C17H18N2O6S2. The smallest absolute Gasteiger partial charge is 0.294 e. The minimum atomic E-state index is -3.13. The molecule has 0 spiro atoms. The number of imide groups is 1. The molecule has 0 radical (unpaired) electrons. The zero-order valence-corrected chi connectivity index (χ0v) is 16.2. The number of amides is 3. The molecule has 1 atom stereocenters. The van der Waals surface area contributed by atoms with Gasteiger partial charge in [-0.25, -0.2) is 8.42 Å². The zero-order chi connectivity index (χ0) is 19.6. The highest BCUT2D eigenvalue weighted by atomic mass is 32.2. The molecule has 2 aliphatic rings. The van der Waals surface area contributed by atoms with Gasteiger partial charge in [0, 0.05) is 13.1 Å². The summed E-state index contributed by atoms with van der Waals surface area (Å²) < 4.78 is 28.3. The lowest BCUT2D eigenvalue weighted by molar-refractivity contribution is -0.136. The quantitative estimate of drug-likeness (QED) is 0.678. The normalized spacial score (nSPS) is 23.7. The van der Waals surface area contributed by atoms with Gasteiger partial charge in [-0.3, -0.25) is 19.3 Å². The molecule has 2 fully saturated rings. The molecule has 1 aromatic rings. The van der Waals surface area contributed by atoms with Crippen LogP contribution in [0, 0.1) is 0 Å². The second kappa shape index (κ2) is 7.73. The number of hydrogen-bond acceptors (Lipinski definition) is 7. The minimum Gasteiger partial charge on any atom is -0.465 e. The Morgan fingerprint density at radius 3 is 2.85 bits per heavy atom. The first-order chi connectivity index (χ1) is 12.8. The van der Waals surface area contributed by atoms with Gasteiger partial charge in [0.2, 0.25) is 5.91 Å². The number of thioether (sulfide) groups is 1. The number of carbonyl (C=O) groups excluding carboxylic acids is 3. The summed E-state index contributed by atoms with van der Waals surface area (Å²) in [7, 11) is -1.64. The fraction of sp³-hybridized carbons (Fsp3) is 0.353. The van der Waals surface area contributed by atoms with Gasteiger partial charge >= 0.3 is 0 Å². The van der Waals surface area contributed by atoms with Gasteiger partial charge in [-0.2, -0.15) is 0 Å². The molecule has 8 nitrogen and oxygen atoms in total. The molecule has 3 heterocycles. The van der Waals surface area contributed by atoms with Crippen molar-refractivity contribution in [3.8, 4) is 0 Å². The molecule has 144 valence electrons. The average Bonchev–Trinajstić information content (AvgIpc) is 3.31. The highest BCUT2D eigenvalue weighted by molar-refractivity contribution is 8.18. The van der Waals surface area contributed by atoms with E-state index in [-0.39, 0.29) is 16.4 Å². The van der Waals surface area contributed by atoms with Gasteiger partial charge in [0.05, 0.1) is 22.7 Å². The number of nitrogens with zero attached hydrogens (tertiary/aromatic N) is 2. The molecule has 1 aromatic heterocycles. The zero-order valence-electron chi connectivity index (χ0n) is 14.5. The predicted molar refractivity (Wildman–Crippen MR) is 100 cm³/mol. The van der Waals surface area contributed by atoms with Gasteiger partial charge in [-0.15, -0.1) is 0 Å². The lowest BCUT2D eigenvalue weighted by Crippen LogP contribution is -2.45. The highest BCUT2D eigenvalue weighted by Crippen LogP contribution is 2.30. The Morgan fingerprint density at radius 1 is 1.44 bits per heavy atom. The van der Waals surface area contributed by atoms with Gasteiger partial charge in [0.1, 0.15) is 12.3 Å². The third-order valence-electron chi connectivity index (χ3n) is 4.37. The number of likely N-dealkylation sites (N-methyl/N-ethyl adjacent to an activating group) is 1. The maximum absolute atomic E-state index is 12.4. The SMILES string of the molecule is CN(C(=O)CN1C(=O)SC(=CC=Cc2ccco2)C1=O)C1CCS(=O)(=O)C1. The third kappa shape index (κ3) is 4.51. The maximum Gasteiger partial charge on any atom is 0.294 e. The van der Waals surface area contributed by atoms with Crippen molar-refractivity contribution in [3.05, 3.63) is 41.2 Å². The van der Waals surface area contributed by atoms with Gasteiger partial charge < -0.3 is 9.32 Å². The summed E-state index contributed by atoms with van der Waals surface area (Å²) in [4.78, 5) is 39.3. The van der Waals surface area contributed by atoms with Crippen molar-refractivity contribution >= 4 is 44.7 Å². The maximum atomic E-state index is 12.4. The average molecular weight is 410 g/mol. The van der Waals surface area contributed by atoms with Crippen LogP contribution in [0.2, 0.25) is 0 Å². The lowest BCUT2D eigenvalue weighted by atomic mass is 10.2. The van der Waals surface area contributed by atoms with E-state index < -0.39 is 39.5 Å². The molecule has 1 unspecified atom stereocenters. The Morgan fingerprint density at radius 2 is 2.22 bits per heavy atom. The molecule has 27 heavy (non-hydrogen) atoms. The Bertz CT molecular complexity index is 917. The highest BCUT2D eigenvalue weighted by Gasteiger charge is 2.38. The molecule has 2 aliphatic heterocycles. The summed E-state index contributed by atoms with van der Waals surface area (Å²) in [6, 6.07) is 3.05. The van der Waals surface area contributed by atoms with Crippen molar-refractivity contribution in [2.45, 2.75) is 12.5 Å². The van der Waals surface area contributed by atoms with Crippen molar-refractivity contribution in [3.63, 3.8) is 0 Å². The molecule has 3 rings (SSSR count). The fourth-order valence-electron chi connectivity index (χ4n) is 2.80. The van der Waals surface area contributed by atoms with E-state index in [1.165, 1.54) is 24.3 Å². The number of allylic oxidation sites excluding steroid dienone is 2. The second-order valence-electron chi connectivity index (χ2n) is 6.23. The molecular weight excluding hydrogens is 392 g/mol. The number of hydrogen-bond donors (Lipinski definition) is 0. The van der Waals surface area contributed by atoms with E-state index in [1.807, 2.05) is 0 Å². The number of carbonyl (C=O) groups is 3. The van der Waals surface area contributed by atoms with Gasteiger partial charge in [-0.1, -0.05) is 6.08 Å². The minimum absolute atomic E-state index is 0.0433. The van der Waals surface area contributed by atoms with Gasteiger partial charge in [-0.05, 0) is 42.5 Å². The molecule has 0 saturated carbocycles. The fourth-order valence-corrected chi connectivity index (χ4v) is 5.36. The van der Waals surface area contributed by atoms with Crippen LogP contribution in [0.3, 0.4) is 0 Å². The predicted octanol–water partition coefficient (Wildman–Crippen LogP) is 1.52. The number of rotatable bonds is 5. The summed E-state index contributed by atoms with van der Waals surface area (Å²) in [5.74, 6) is -0.452. The topological polar surface area (TPSA) is 105 Å². The van der Waals surface area contributed by atoms with E-state index in [1.54, 1.807) is 24.3 Å². The van der Waals surface area contributed by atoms with Gasteiger partial charge in [0.15, 0.2) is 9.84 Å². The third-order valence-corrected chi connectivity index (χ3v) is 7.04. The van der Waals surface area contributed by atoms with Crippen LogP contribution in [0.4, 0.5) is 4.79 Å². The van der Waals surface area contributed by atoms with Crippen LogP contribution < -0.4 is 0 Å². The lowest BCUT2D eigenvalue weighted by Gasteiger charge is -2.25. The van der Waals surface area contributed by atoms with Crippen LogP contribution in [-0.2, 0) is 19.4 Å². The van der Waals surface area contributed by atoms with Crippen LogP contribution in [0.25, 0.3) is 6.08 Å². The summed E-state index contributed by atoms with van der Waals surface area (Å²) in [6.07, 6.45) is 6.61. The first-order valence-electron chi connectivity index (χ1n) is 8.18.